The van der Waals surface area contributed by atoms with Gasteiger partial charge in [-0.1, -0.05) is 6.92 Å². The van der Waals surface area contributed by atoms with Crippen molar-refractivity contribution < 1.29 is 4.79 Å². The summed E-state index contributed by atoms with van der Waals surface area (Å²) in [5.41, 5.74) is -0.252. The summed E-state index contributed by atoms with van der Waals surface area (Å²) >= 11 is 0. The summed E-state index contributed by atoms with van der Waals surface area (Å²) in [6.07, 6.45) is 5.33. The molecule has 0 aromatic carbocycles. The molecule has 1 heterocycles. The Morgan fingerprint density at radius 1 is 1.47 bits per heavy atom. The summed E-state index contributed by atoms with van der Waals surface area (Å²) in [5, 5.41) is 10.7. The molecule has 1 spiro atoms. The second-order valence-electron chi connectivity index (χ2n) is 5.29. The summed E-state index contributed by atoms with van der Waals surface area (Å²) < 4.78 is 0. The normalized spacial score (nSPS) is 40.3. The van der Waals surface area contributed by atoms with Crippen molar-refractivity contribution in [1.29, 1.82) is 5.41 Å². The highest BCUT2D eigenvalue weighted by Gasteiger charge is 2.57. The van der Waals surface area contributed by atoms with Crippen molar-refractivity contribution in [2.45, 2.75) is 50.6 Å². The van der Waals surface area contributed by atoms with Crippen LogP contribution in [0.15, 0.2) is 0 Å². The van der Waals surface area contributed by atoms with Crippen molar-refractivity contribution in [3.05, 3.63) is 0 Å². The lowest BCUT2D eigenvalue weighted by atomic mass is 9.94. The number of amides is 2. The fourth-order valence-electron chi connectivity index (χ4n) is 3.16. The van der Waals surface area contributed by atoms with Gasteiger partial charge in [0.2, 0.25) is 0 Å². The van der Waals surface area contributed by atoms with Gasteiger partial charge >= 0.3 is 6.03 Å². The van der Waals surface area contributed by atoms with Crippen LogP contribution >= 0.6 is 0 Å². The maximum atomic E-state index is 11.8. The Hall–Kier alpha value is -1.06. The second kappa shape index (κ2) is 2.74. The number of hydrogen-bond donors (Lipinski definition) is 2. The molecular formula is C11H17N3O. The summed E-state index contributed by atoms with van der Waals surface area (Å²) in [6, 6.07) is 0.384. The van der Waals surface area contributed by atoms with Gasteiger partial charge in [-0.2, -0.15) is 0 Å². The Kier molecular flexibility index (Phi) is 1.68. The zero-order valence-electron chi connectivity index (χ0n) is 9.05. The van der Waals surface area contributed by atoms with Crippen LogP contribution < -0.4 is 5.32 Å². The van der Waals surface area contributed by atoms with E-state index in [2.05, 4.69) is 12.2 Å². The van der Waals surface area contributed by atoms with E-state index >= 15 is 0 Å². The summed E-state index contributed by atoms with van der Waals surface area (Å²) in [5.74, 6) is 1.09. The molecule has 4 heteroatoms. The third kappa shape index (κ3) is 1.13. The molecule has 2 saturated carbocycles. The number of nitrogens with one attached hydrogen (secondary N) is 2. The van der Waals surface area contributed by atoms with Crippen LogP contribution in [0.2, 0.25) is 0 Å². The van der Waals surface area contributed by atoms with Gasteiger partial charge in [0.25, 0.3) is 0 Å². The van der Waals surface area contributed by atoms with Crippen LogP contribution in [0.25, 0.3) is 0 Å². The molecular weight excluding hydrogens is 190 g/mol. The molecule has 15 heavy (non-hydrogen) atoms. The first-order valence-electron chi connectivity index (χ1n) is 5.83. The van der Waals surface area contributed by atoms with E-state index in [1.165, 1.54) is 0 Å². The van der Waals surface area contributed by atoms with Crippen molar-refractivity contribution in [3.63, 3.8) is 0 Å². The Bertz CT molecular complexity index is 337. The quantitative estimate of drug-likeness (QED) is 0.675. The van der Waals surface area contributed by atoms with Crippen molar-refractivity contribution in [2.24, 2.45) is 5.92 Å². The lowest BCUT2D eigenvalue weighted by Gasteiger charge is -2.33. The fraction of sp³-hybridized carbons (Fsp3) is 0.818. The van der Waals surface area contributed by atoms with Gasteiger partial charge in [-0.3, -0.25) is 10.7 Å². The van der Waals surface area contributed by atoms with Crippen molar-refractivity contribution in [1.82, 2.24) is 10.2 Å². The number of amidine groups is 1. The number of rotatable bonds is 1. The number of nitrogens with zero attached hydrogens (tertiary/aromatic N) is 1. The highest BCUT2D eigenvalue weighted by molar-refractivity contribution is 6.08. The largest absolute Gasteiger partial charge is 0.323 e. The first kappa shape index (κ1) is 9.19. The van der Waals surface area contributed by atoms with Crippen molar-refractivity contribution >= 4 is 11.9 Å². The third-order valence-corrected chi connectivity index (χ3v) is 4.03. The van der Waals surface area contributed by atoms with Gasteiger partial charge in [0.1, 0.15) is 11.4 Å². The van der Waals surface area contributed by atoms with Gasteiger partial charge in [-0.15, -0.1) is 0 Å². The van der Waals surface area contributed by atoms with E-state index < -0.39 is 0 Å². The summed E-state index contributed by atoms with van der Waals surface area (Å²) in [4.78, 5) is 13.8. The zero-order chi connectivity index (χ0) is 10.6. The Balaban J connectivity index is 1.96. The summed E-state index contributed by atoms with van der Waals surface area (Å²) in [7, 11) is 0. The second-order valence-corrected chi connectivity index (χ2v) is 5.29. The molecule has 0 aromatic heterocycles. The first-order chi connectivity index (χ1) is 7.13. The molecule has 3 fully saturated rings. The molecule has 0 aromatic rings. The first-order valence-corrected chi connectivity index (χ1v) is 5.83. The van der Waals surface area contributed by atoms with Crippen LogP contribution in [0.5, 0.6) is 0 Å². The minimum Gasteiger partial charge on any atom is -0.309 e. The molecule has 2 atom stereocenters. The van der Waals surface area contributed by atoms with Crippen LogP contribution in [0.4, 0.5) is 4.79 Å². The Morgan fingerprint density at radius 2 is 2.20 bits per heavy atom. The molecule has 0 radical (unpaired) electrons. The number of urea groups is 1. The lowest BCUT2D eigenvalue weighted by Crippen LogP contribution is -2.48. The molecule has 0 bridgehead atoms. The van der Waals surface area contributed by atoms with E-state index in [9.17, 15) is 4.79 Å². The van der Waals surface area contributed by atoms with E-state index in [0.29, 0.717) is 17.8 Å². The van der Waals surface area contributed by atoms with E-state index in [-0.39, 0.29) is 11.6 Å². The predicted octanol–water partition coefficient (Wildman–Crippen LogP) is 1.71. The van der Waals surface area contributed by atoms with Crippen LogP contribution in [-0.4, -0.2) is 28.3 Å². The maximum Gasteiger partial charge on any atom is 0.323 e. The van der Waals surface area contributed by atoms with Gasteiger partial charge in [-0.25, -0.2) is 4.79 Å². The molecule has 3 rings (SSSR count). The molecule has 2 aliphatic carbocycles. The maximum absolute atomic E-state index is 11.8. The van der Waals surface area contributed by atoms with Gasteiger partial charge in [0.15, 0.2) is 0 Å². The number of carbonyl (C=O) groups is 1. The van der Waals surface area contributed by atoms with Gasteiger partial charge in [0.05, 0.1) is 0 Å². The summed E-state index contributed by atoms with van der Waals surface area (Å²) in [6.45, 7) is 2.22. The fourth-order valence-corrected chi connectivity index (χ4v) is 3.16. The van der Waals surface area contributed by atoms with E-state index in [1.54, 1.807) is 0 Å². The average Bonchev–Trinajstić information content (AvgIpc) is 2.86. The van der Waals surface area contributed by atoms with Gasteiger partial charge in [0, 0.05) is 6.04 Å². The molecule has 4 nitrogen and oxygen atoms in total. The third-order valence-electron chi connectivity index (χ3n) is 4.03. The molecule has 1 aliphatic heterocycles. The smallest absolute Gasteiger partial charge is 0.309 e. The highest BCUT2D eigenvalue weighted by atomic mass is 16.2. The molecule has 2 unspecified atom stereocenters. The predicted molar refractivity (Wildman–Crippen MR) is 56.9 cm³/mol. The number of carbonyl (C=O) groups excluding carboxylic acids is 1. The van der Waals surface area contributed by atoms with Crippen molar-refractivity contribution in [3.8, 4) is 0 Å². The molecule has 2 amide bonds. The average molecular weight is 207 g/mol. The van der Waals surface area contributed by atoms with E-state index in [0.717, 1.165) is 32.1 Å². The van der Waals surface area contributed by atoms with Crippen LogP contribution in [0.3, 0.4) is 0 Å². The Morgan fingerprint density at radius 3 is 2.73 bits per heavy atom. The topological polar surface area (TPSA) is 56.2 Å². The molecule has 82 valence electrons. The molecule has 3 aliphatic rings. The van der Waals surface area contributed by atoms with E-state index in [1.807, 2.05) is 4.90 Å². The number of hydrogen-bond acceptors (Lipinski definition) is 2. The van der Waals surface area contributed by atoms with Crippen LogP contribution in [-0.2, 0) is 0 Å². The van der Waals surface area contributed by atoms with Gasteiger partial charge < -0.3 is 4.90 Å². The van der Waals surface area contributed by atoms with E-state index in [4.69, 9.17) is 5.41 Å². The SMILES string of the molecule is CC1CCC2(C1)C(=N)NC(=O)N2C1CC1. The monoisotopic (exact) mass is 207 g/mol. The minimum atomic E-state index is -0.252. The van der Waals surface area contributed by atoms with Crippen LogP contribution in [0, 0.1) is 11.3 Å². The van der Waals surface area contributed by atoms with Gasteiger partial charge in [-0.05, 0) is 38.0 Å². The molecule has 1 saturated heterocycles. The van der Waals surface area contributed by atoms with Crippen LogP contribution in [0.1, 0.15) is 39.0 Å². The lowest BCUT2D eigenvalue weighted by molar-refractivity contribution is 0.167. The minimum absolute atomic E-state index is 0.0309. The molecule has 2 N–H and O–H groups in total. The zero-order valence-corrected chi connectivity index (χ0v) is 9.05. The standard InChI is InChI=1S/C11H17N3O/c1-7-4-5-11(6-7)9(12)13-10(15)14(11)8-2-3-8/h7-8H,2-6H2,1H3,(H2,12,13,15). The Labute approximate surface area is 89.5 Å². The van der Waals surface area contributed by atoms with Crippen molar-refractivity contribution in [2.75, 3.05) is 0 Å². The highest BCUT2D eigenvalue weighted by Crippen LogP contribution is 2.46.